The molecule has 2 aromatic rings. The van der Waals surface area contributed by atoms with Gasteiger partial charge in [-0.15, -0.1) is 5.10 Å². The molecule has 1 aromatic carbocycles. The van der Waals surface area contributed by atoms with Crippen LogP contribution in [0.1, 0.15) is 5.69 Å². The summed E-state index contributed by atoms with van der Waals surface area (Å²) in [6.45, 7) is 0.258. The van der Waals surface area contributed by atoms with Crippen LogP contribution >= 0.6 is 34.7 Å². The SMILES string of the molecule is NNc1snnc1COc1ccc(Cl)c(Cl)c1. The van der Waals surface area contributed by atoms with Gasteiger partial charge in [-0.25, -0.2) is 5.84 Å². The fourth-order valence-corrected chi connectivity index (χ4v) is 1.90. The molecule has 0 spiro atoms. The van der Waals surface area contributed by atoms with Crippen molar-refractivity contribution in [3.8, 4) is 5.75 Å². The first-order valence-electron chi connectivity index (χ1n) is 4.56. The van der Waals surface area contributed by atoms with Gasteiger partial charge in [0, 0.05) is 17.6 Å². The fourth-order valence-electron chi connectivity index (χ4n) is 1.13. The zero-order valence-corrected chi connectivity index (χ0v) is 10.8. The Morgan fingerprint density at radius 2 is 2.18 bits per heavy atom. The van der Waals surface area contributed by atoms with Gasteiger partial charge in [0.25, 0.3) is 0 Å². The molecule has 90 valence electrons. The van der Waals surface area contributed by atoms with E-state index in [4.69, 9.17) is 33.8 Å². The van der Waals surface area contributed by atoms with Gasteiger partial charge in [-0.2, -0.15) is 0 Å². The van der Waals surface area contributed by atoms with Crippen molar-refractivity contribution in [3.63, 3.8) is 0 Å². The first-order valence-corrected chi connectivity index (χ1v) is 6.09. The summed E-state index contributed by atoms with van der Waals surface area (Å²) in [6.07, 6.45) is 0. The third kappa shape index (κ3) is 2.98. The molecule has 0 saturated heterocycles. The van der Waals surface area contributed by atoms with Gasteiger partial charge in [-0.05, 0) is 12.1 Å². The van der Waals surface area contributed by atoms with Gasteiger partial charge in [-0.3, -0.25) is 0 Å². The van der Waals surface area contributed by atoms with Crippen LogP contribution < -0.4 is 16.0 Å². The second kappa shape index (κ2) is 5.50. The number of benzene rings is 1. The molecule has 0 aliphatic rings. The number of anilines is 1. The number of hydrogen-bond acceptors (Lipinski definition) is 6. The Kier molecular flexibility index (Phi) is 4.01. The monoisotopic (exact) mass is 290 g/mol. The minimum Gasteiger partial charge on any atom is -0.487 e. The maximum absolute atomic E-state index is 5.86. The third-order valence-electron chi connectivity index (χ3n) is 1.95. The number of ether oxygens (including phenoxy) is 1. The van der Waals surface area contributed by atoms with Gasteiger partial charge in [0.2, 0.25) is 0 Å². The highest BCUT2D eigenvalue weighted by atomic mass is 35.5. The van der Waals surface area contributed by atoms with Crippen LogP contribution in [-0.2, 0) is 6.61 Å². The van der Waals surface area contributed by atoms with E-state index in [0.717, 1.165) is 0 Å². The number of nitrogens with one attached hydrogen (secondary N) is 1. The number of nitrogens with two attached hydrogens (primary N) is 1. The maximum Gasteiger partial charge on any atom is 0.150 e. The minimum absolute atomic E-state index is 0.258. The van der Waals surface area contributed by atoms with Crippen LogP contribution in [0.2, 0.25) is 10.0 Å². The molecule has 5 nitrogen and oxygen atoms in total. The van der Waals surface area contributed by atoms with Gasteiger partial charge in [-0.1, -0.05) is 27.7 Å². The van der Waals surface area contributed by atoms with Crippen molar-refractivity contribution in [1.82, 2.24) is 9.59 Å². The van der Waals surface area contributed by atoms with Crippen molar-refractivity contribution in [2.45, 2.75) is 6.61 Å². The molecule has 3 N–H and O–H groups in total. The Balaban J connectivity index is 2.05. The molecule has 0 radical (unpaired) electrons. The Bertz CT molecular complexity index is 519. The summed E-state index contributed by atoms with van der Waals surface area (Å²) in [4.78, 5) is 0. The summed E-state index contributed by atoms with van der Waals surface area (Å²) >= 11 is 12.8. The van der Waals surface area contributed by atoms with Crippen LogP contribution in [0.4, 0.5) is 5.00 Å². The molecule has 0 fully saturated rings. The minimum atomic E-state index is 0.258. The number of nitrogen functional groups attached to an aromatic ring is 1. The number of rotatable bonds is 4. The van der Waals surface area contributed by atoms with Crippen molar-refractivity contribution >= 4 is 39.7 Å². The molecular formula is C9H8Cl2N4OS. The van der Waals surface area contributed by atoms with Crippen molar-refractivity contribution in [1.29, 1.82) is 0 Å². The summed E-state index contributed by atoms with van der Waals surface area (Å²) in [5, 5.41) is 5.48. The van der Waals surface area contributed by atoms with E-state index in [-0.39, 0.29) is 6.61 Å². The van der Waals surface area contributed by atoms with Gasteiger partial charge in [0.15, 0.2) is 5.00 Å². The number of halogens is 2. The molecule has 0 aliphatic heterocycles. The molecule has 2 rings (SSSR count). The number of hydrogen-bond donors (Lipinski definition) is 2. The molecule has 0 unspecified atom stereocenters. The topological polar surface area (TPSA) is 73.1 Å². The third-order valence-corrected chi connectivity index (χ3v) is 3.39. The van der Waals surface area contributed by atoms with Crippen LogP contribution in [0.3, 0.4) is 0 Å². The van der Waals surface area contributed by atoms with E-state index >= 15 is 0 Å². The van der Waals surface area contributed by atoms with Crippen molar-refractivity contribution in [2.24, 2.45) is 5.84 Å². The van der Waals surface area contributed by atoms with E-state index < -0.39 is 0 Å². The summed E-state index contributed by atoms with van der Waals surface area (Å²) in [5.41, 5.74) is 3.14. The van der Waals surface area contributed by atoms with E-state index in [1.165, 1.54) is 11.5 Å². The summed E-state index contributed by atoms with van der Waals surface area (Å²) in [7, 11) is 0. The normalized spacial score (nSPS) is 10.3. The van der Waals surface area contributed by atoms with Crippen molar-refractivity contribution in [2.75, 3.05) is 5.43 Å². The zero-order chi connectivity index (χ0) is 12.3. The average Bonchev–Trinajstić information content (AvgIpc) is 2.78. The lowest BCUT2D eigenvalue weighted by Gasteiger charge is -2.06. The molecule has 0 aliphatic carbocycles. The lowest BCUT2D eigenvalue weighted by atomic mass is 10.3. The van der Waals surface area contributed by atoms with Crippen molar-refractivity contribution < 1.29 is 4.74 Å². The molecule has 0 bridgehead atoms. The lowest BCUT2D eigenvalue weighted by molar-refractivity contribution is 0.302. The van der Waals surface area contributed by atoms with E-state index in [1.807, 2.05) is 0 Å². The second-order valence-electron chi connectivity index (χ2n) is 3.06. The highest BCUT2D eigenvalue weighted by Crippen LogP contribution is 2.27. The van der Waals surface area contributed by atoms with Gasteiger partial charge >= 0.3 is 0 Å². The van der Waals surface area contributed by atoms with Crippen molar-refractivity contribution in [3.05, 3.63) is 33.9 Å². The zero-order valence-electron chi connectivity index (χ0n) is 8.48. The molecule has 0 amide bonds. The summed E-state index contributed by atoms with van der Waals surface area (Å²) in [5.74, 6) is 5.90. The Morgan fingerprint density at radius 1 is 1.35 bits per heavy atom. The van der Waals surface area contributed by atoms with Crippen LogP contribution in [0.25, 0.3) is 0 Å². The highest BCUT2D eigenvalue weighted by Gasteiger charge is 2.08. The van der Waals surface area contributed by atoms with E-state index in [1.54, 1.807) is 18.2 Å². The van der Waals surface area contributed by atoms with Crippen LogP contribution in [-0.4, -0.2) is 9.59 Å². The Morgan fingerprint density at radius 3 is 2.88 bits per heavy atom. The fraction of sp³-hybridized carbons (Fsp3) is 0.111. The standard InChI is InChI=1S/C9H8Cl2N4OS/c10-6-2-1-5(3-7(6)11)16-4-8-9(13-12)17-15-14-8/h1-3,13H,4,12H2. The lowest BCUT2D eigenvalue weighted by Crippen LogP contribution is -2.08. The molecule has 17 heavy (non-hydrogen) atoms. The Labute approximate surface area is 112 Å². The molecular weight excluding hydrogens is 283 g/mol. The number of nitrogens with zero attached hydrogens (tertiary/aromatic N) is 2. The number of aromatic nitrogens is 2. The van der Waals surface area contributed by atoms with Crippen LogP contribution in [0, 0.1) is 0 Å². The molecule has 8 heteroatoms. The molecule has 1 aromatic heterocycles. The predicted molar refractivity (Wildman–Crippen MR) is 68.5 cm³/mol. The number of hydrazine groups is 1. The average molecular weight is 291 g/mol. The van der Waals surface area contributed by atoms with Gasteiger partial charge < -0.3 is 10.2 Å². The first kappa shape index (κ1) is 12.4. The van der Waals surface area contributed by atoms with Crippen LogP contribution in [0.5, 0.6) is 5.75 Å². The molecule has 1 heterocycles. The quantitative estimate of drug-likeness (QED) is 0.669. The highest BCUT2D eigenvalue weighted by molar-refractivity contribution is 7.10. The molecule has 0 atom stereocenters. The van der Waals surface area contributed by atoms with E-state index in [0.29, 0.717) is 26.5 Å². The van der Waals surface area contributed by atoms with E-state index in [2.05, 4.69) is 15.0 Å². The van der Waals surface area contributed by atoms with E-state index in [9.17, 15) is 0 Å². The van der Waals surface area contributed by atoms with Crippen LogP contribution in [0.15, 0.2) is 18.2 Å². The van der Waals surface area contributed by atoms with Gasteiger partial charge in [0.1, 0.15) is 18.1 Å². The summed E-state index contributed by atoms with van der Waals surface area (Å²) < 4.78 is 9.25. The Hall–Kier alpha value is -1.08. The summed E-state index contributed by atoms with van der Waals surface area (Å²) in [6, 6.07) is 5.03. The maximum atomic E-state index is 5.86. The first-order chi connectivity index (χ1) is 8.20. The predicted octanol–water partition coefficient (Wildman–Crippen LogP) is 2.71. The second-order valence-corrected chi connectivity index (χ2v) is 4.63. The molecule has 0 saturated carbocycles. The van der Waals surface area contributed by atoms with Gasteiger partial charge in [0.05, 0.1) is 10.0 Å². The largest absolute Gasteiger partial charge is 0.487 e. The smallest absolute Gasteiger partial charge is 0.150 e.